The fraction of sp³-hybridized carbons (Fsp3) is 0.538. The van der Waals surface area contributed by atoms with Gasteiger partial charge in [0.1, 0.15) is 0 Å². The summed E-state index contributed by atoms with van der Waals surface area (Å²) in [4.78, 5) is 0. The second-order valence-corrected chi connectivity index (χ2v) is 5.53. The van der Waals surface area contributed by atoms with Gasteiger partial charge in [-0.1, -0.05) is 24.3 Å². The van der Waals surface area contributed by atoms with Gasteiger partial charge in [-0.15, -0.1) is 0 Å². The van der Waals surface area contributed by atoms with E-state index in [0.29, 0.717) is 23.4 Å². The highest BCUT2D eigenvalue weighted by atomic mass is 15.3. The number of azo groups is 1. The highest BCUT2D eigenvalue weighted by Gasteiger charge is 2.73. The van der Waals surface area contributed by atoms with Crippen LogP contribution in [0.4, 0.5) is 0 Å². The van der Waals surface area contributed by atoms with E-state index in [0.717, 1.165) is 5.92 Å². The van der Waals surface area contributed by atoms with Crippen LogP contribution in [0.15, 0.2) is 34.5 Å². The first kappa shape index (κ1) is 7.15. The lowest BCUT2D eigenvalue weighted by molar-refractivity contribution is 0.353. The number of nitrogens with zero attached hydrogens (tertiary/aromatic N) is 2. The molecule has 4 atom stereocenters. The molecule has 0 amide bonds. The minimum absolute atomic E-state index is 0.509. The quantitative estimate of drug-likeness (QED) is 0.609. The molecule has 2 heteroatoms. The molecule has 2 fully saturated rings. The third-order valence-corrected chi connectivity index (χ3v) is 5.10. The molecule has 5 rings (SSSR count). The molecule has 74 valence electrons. The summed E-state index contributed by atoms with van der Waals surface area (Å²) in [5.41, 5.74) is 3.71. The van der Waals surface area contributed by atoms with Gasteiger partial charge in [0.2, 0.25) is 0 Å². The van der Waals surface area contributed by atoms with Crippen molar-refractivity contribution in [1.82, 2.24) is 0 Å². The smallest absolute Gasteiger partial charge is 0.0872 e. The molecular formula is C13H12N2. The number of rotatable bonds is 0. The zero-order valence-electron chi connectivity index (χ0n) is 8.43. The number of benzene rings is 1. The molecule has 1 aromatic carbocycles. The van der Waals surface area contributed by atoms with E-state index in [1.165, 1.54) is 12.8 Å². The van der Waals surface area contributed by atoms with Crippen molar-refractivity contribution in [3.63, 3.8) is 0 Å². The Kier molecular flexibility index (Phi) is 0.899. The van der Waals surface area contributed by atoms with E-state index in [2.05, 4.69) is 34.5 Å². The van der Waals surface area contributed by atoms with Crippen LogP contribution in [-0.2, 0) is 0 Å². The molecule has 0 radical (unpaired) electrons. The fourth-order valence-electron chi connectivity index (χ4n) is 4.45. The van der Waals surface area contributed by atoms with Gasteiger partial charge in [0.05, 0.1) is 12.1 Å². The van der Waals surface area contributed by atoms with Crippen molar-refractivity contribution in [3.05, 3.63) is 35.4 Å². The summed E-state index contributed by atoms with van der Waals surface area (Å²) in [7, 11) is 0. The van der Waals surface area contributed by atoms with E-state index < -0.39 is 0 Å². The molecule has 1 heterocycles. The number of hydrogen-bond donors (Lipinski definition) is 0. The first-order valence-electron chi connectivity index (χ1n) is 5.91. The van der Waals surface area contributed by atoms with Crippen molar-refractivity contribution < 1.29 is 0 Å². The Morgan fingerprint density at radius 3 is 2.67 bits per heavy atom. The van der Waals surface area contributed by atoms with Gasteiger partial charge in [-0.2, -0.15) is 10.2 Å². The van der Waals surface area contributed by atoms with Crippen LogP contribution in [0.1, 0.15) is 35.8 Å². The van der Waals surface area contributed by atoms with Gasteiger partial charge in [0.25, 0.3) is 0 Å². The predicted octanol–water partition coefficient (Wildman–Crippen LogP) is 2.86. The van der Waals surface area contributed by atoms with Crippen LogP contribution in [0, 0.1) is 5.41 Å². The minimum Gasteiger partial charge on any atom is -0.189 e. The molecule has 1 spiro atoms. The summed E-state index contributed by atoms with van der Waals surface area (Å²) in [6.07, 6.45) is 2.78. The Hall–Kier alpha value is -1.18. The standard InChI is InChI=1S/C13H12N2/c1-2-4-8-7(3-1)9-11-10(8)13(5-6-13)12(9)15-14-11/h1-4,9-12H,5-6H2/t9-,10-,11-,12-/m1/s1. The largest absolute Gasteiger partial charge is 0.189 e. The zero-order chi connectivity index (χ0) is 9.62. The molecule has 0 N–H and O–H groups in total. The molecule has 4 bridgehead atoms. The summed E-state index contributed by atoms with van der Waals surface area (Å²) in [6.45, 7) is 0. The molecule has 1 aromatic rings. The van der Waals surface area contributed by atoms with Crippen LogP contribution < -0.4 is 0 Å². The van der Waals surface area contributed by atoms with Crippen molar-refractivity contribution in [2.75, 3.05) is 0 Å². The Morgan fingerprint density at radius 2 is 1.87 bits per heavy atom. The molecule has 4 aliphatic rings. The van der Waals surface area contributed by atoms with Crippen LogP contribution in [0.3, 0.4) is 0 Å². The van der Waals surface area contributed by atoms with Gasteiger partial charge in [-0.3, -0.25) is 0 Å². The van der Waals surface area contributed by atoms with Crippen LogP contribution in [0.25, 0.3) is 0 Å². The summed E-state index contributed by atoms with van der Waals surface area (Å²) in [6, 6.07) is 10.0. The first-order valence-corrected chi connectivity index (χ1v) is 5.91. The highest BCUT2D eigenvalue weighted by Crippen LogP contribution is 2.76. The van der Waals surface area contributed by atoms with Crippen LogP contribution >= 0.6 is 0 Å². The Bertz CT molecular complexity index is 501. The normalized spacial score (nSPS) is 45.1. The van der Waals surface area contributed by atoms with Crippen molar-refractivity contribution in [2.45, 2.75) is 36.8 Å². The SMILES string of the molecule is c1ccc2c(c1)[C@@H]1[C@H]3N=N[C@H]1C1(CC1)[C@H]23. The molecule has 0 unspecified atom stereocenters. The average molecular weight is 196 g/mol. The minimum atomic E-state index is 0.509. The lowest BCUT2D eigenvalue weighted by Crippen LogP contribution is -2.26. The van der Waals surface area contributed by atoms with E-state index in [1.807, 2.05) is 0 Å². The topological polar surface area (TPSA) is 24.7 Å². The van der Waals surface area contributed by atoms with Crippen molar-refractivity contribution in [3.8, 4) is 0 Å². The van der Waals surface area contributed by atoms with E-state index in [9.17, 15) is 0 Å². The molecule has 0 saturated heterocycles. The molecule has 2 nitrogen and oxygen atoms in total. The third kappa shape index (κ3) is 0.559. The Morgan fingerprint density at radius 1 is 1.07 bits per heavy atom. The van der Waals surface area contributed by atoms with Gasteiger partial charge in [0, 0.05) is 17.3 Å². The predicted molar refractivity (Wildman–Crippen MR) is 56.0 cm³/mol. The van der Waals surface area contributed by atoms with Crippen molar-refractivity contribution in [2.24, 2.45) is 15.6 Å². The van der Waals surface area contributed by atoms with E-state index in [-0.39, 0.29) is 0 Å². The zero-order valence-corrected chi connectivity index (χ0v) is 8.43. The summed E-state index contributed by atoms with van der Waals surface area (Å²) in [5, 5.41) is 9.03. The first-order chi connectivity index (χ1) is 7.42. The lowest BCUT2D eigenvalue weighted by atomic mass is 9.77. The molecule has 15 heavy (non-hydrogen) atoms. The molecule has 2 saturated carbocycles. The van der Waals surface area contributed by atoms with Gasteiger partial charge < -0.3 is 0 Å². The molecular weight excluding hydrogens is 184 g/mol. The number of fused-ring (bicyclic) bond motifs is 4. The lowest BCUT2D eigenvalue weighted by Gasteiger charge is -2.29. The van der Waals surface area contributed by atoms with Crippen molar-refractivity contribution in [1.29, 1.82) is 0 Å². The third-order valence-electron chi connectivity index (χ3n) is 5.10. The van der Waals surface area contributed by atoms with Crippen LogP contribution in [0.5, 0.6) is 0 Å². The van der Waals surface area contributed by atoms with E-state index >= 15 is 0 Å². The van der Waals surface area contributed by atoms with Crippen LogP contribution in [-0.4, -0.2) is 12.1 Å². The second kappa shape index (κ2) is 1.89. The Balaban J connectivity index is 1.85. The van der Waals surface area contributed by atoms with E-state index in [4.69, 9.17) is 0 Å². The maximum absolute atomic E-state index is 4.53. The van der Waals surface area contributed by atoms with Crippen LogP contribution in [0.2, 0.25) is 0 Å². The molecule has 3 aliphatic carbocycles. The van der Waals surface area contributed by atoms with Gasteiger partial charge in [0.15, 0.2) is 0 Å². The van der Waals surface area contributed by atoms with Gasteiger partial charge in [-0.05, 0) is 24.0 Å². The highest BCUT2D eigenvalue weighted by molar-refractivity contribution is 5.52. The summed E-state index contributed by atoms with van der Waals surface area (Å²) in [5.74, 6) is 1.37. The van der Waals surface area contributed by atoms with Crippen molar-refractivity contribution >= 4 is 0 Å². The van der Waals surface area contributed by atoms with Gasteiger partial charge >= 0.3 is 0 Å². The van der Waals surface area contributed by atoms with E-state index in [1.54, 1.807) is 11.1 Å². The fourth-order valence-corrected chi connectivity index (χ4v) is 4.45. The maximum atomic E-state index is 4.53. The number of hydrogen-bond acceptors (Lipinski definition) is 2. The summed E-state index contributed by atoms with van der Waals surface area (Å²) >= 11 is 0. The summed E-state index contributed by atoms with van der Waals surface area (Å²) < 4.78 is 0. The average Bonchev–Trinajstić information content (AvgIpc) is 2.75. The van der Waals surface area contributed by atoms with Gasteiger partial charge in [-0.25, -0.2) is 0 Å². The molecule has 0 aromatic heterocycles. The monoisotopic (exact) mass is 196 g/mol. The maximum Gasteiger partial charge on any atom is 0.0872 e. The Labute approximate surface area is 88.4 Å². The second-order valence-electron chi connectivity index (χ2n) is 5.53. The molecule has 1 aliphatic heterocycles.